The lowest BCUT2D eigenvalue weighted by Crippen LogP contribution is -2.36. The normalized spacial score (nSPS) is 16.8. The summed E-state index contributed by atoms with van der Waals surface area (Å²) < 4.78 is 2.45. The number of aromatic nitrogens is 4. The molecule has 0 amide bonds. The minimum atomic E-state index is -0.370. The van der Waals surface area contributed by atoms with Gasteiger partial charge in [0.25, 0.3) is 5.56 Å². The molecule has 1 unspecified atom stereocenters. The van der Waals surface area contributed by atoms with Crippen LogP contribution in [0, 0.1) is 5.92 Å². The minimum Gasteiger partial charge on any atom is -0.353 e. The summed E-state index contributed by atoms with van der Waals surface area (Å²) in [6.07, 6.45) is 2.46. The van der Waals surface area contributed by atoms with Gasteiger partial charge in [-0.05, 0) is 25.7 Å². The molecule has 1 fully saturated rings. The summed E-state index contributed by atoms with van der Waals surface area (Å²) in [6, 6.07) is 0.321. The predicted molar refractivity (Wildman–Crippen MR) is 72.4 cm³/mol. The maximum Gasteiger partial charge on any atom is 0.332 e. The summed E-state index contributed by atoms with van der Waals surface area (Å²) in [4.78, 5) is 31.1. The van der Waals surface area contributed by atoms with Gasteiger partial charge in [0.05, 0.1) is 0 Å². The summed E-state index contributed by atoms with van der Waals surface area (Å²) >= 11 is 0. The molecule has 2 aromatic heterocycles. The van der Waals surface area contributed by atoms with E-state index in [2.05, 4.69) is 22.2 Å². The van der Waals surface area contributed by atoms with E-state index in [9.17, 15) is 9.59 Å². The highest BCUT2D eigenvalue weighted by molar-refractivity contribution is 5.72. The van der Waals surface area contributed by atoms with Crippen LogP contribution in [0.25, 0.3) is 11.2 Å². The topological polar surface area (TPSA) is 84.7 Å². The summed E-state index contributed by atoms with van der Waals surface area (Å²) in [5.41, 5.74) is 0.0252. The van der Waals surface area contributed by atoms with Crippen molar-refractivity contribution in [2.45, 2.75) is 25.8 Å². The number of nitrogens with zero attached hydrogens (tertiary/aromatic N) is 3. The highest BCUT2D eigenvalue weighted by Gasteiger charge is 2.28. The second kappa shape index (κ2) is 3.97. The van der Waals surface area contributed by atoms with Crippen LogP contribution < -0.4 is 16.6 Å². The van der Waals surface area contributed by atoms with E-state index in [0.29, 0.717) is 29.1 Å². The molecule has 7 nitrogen and oxygen atoms in total. The maximum atomic E-state index is 12.0. The lowest BCUT2D eigenvalue weighted by atomic mass is 10.2. The predicted octanol–water partition coefficient (Wildman–Crippen LogP) is 0.171. The van der Waals surface area contributed by atoms with Gasteiger partial charge in [0.15, 0.2) is 11.2 Å². The summed E-state index contributed by atoms with van der Waals surface area (Å²) in [6.45, 7) is 2.10. The fourth-order valence-corrected chi connectivity index (χ4v) is 2.32. The van der Waals surface area contributed by atoms with Crippen LogP contribution in [0.1, 0.15) is 19.8 Å². The van der Waals surface area contributed by atoms with Crippen molar-refractivity contribution < 1.29 is 0 Å². The van der Waals surface area contributed by atoms with E-state index in [0.717, 1.165) is 4.57 Å². The Morgan fingerprint density at radius 1 is 1.32 bits per heavy atom. The number of rotatable bonds is 3. The van der Waals surface area contributed by atoms with Crippen molar-refractivity contribution in [2.75, 3.05) is 5.32 Å². The van der Waals surface area contributed by atoms with E-state index in [1.54, 1.807) is 7.05 Å². The van der Waals surface area contributed by atoms with E-state index < -0.39 is 0 Å². The van der Waals surface area contributed by atoms with Crippen molar-refractivity contribution in [2.24, 2.45) is 20.0 Å². The Kier molecular flexibility index (Phi) is 2.51. The molecule has 0 bridgehead atoms. The van der Waals surface area contributed by atoms with E-state index in [4.69, 9.17) is 0 Å². The zero-order valence-electron chi connectivity index (χ0n) is 11.2. The van der Waals surface area contributed by atoms with Gasteiger partial charge in [-0.1, -0.05) is 0 Å². The van der Waals surface area contributed by atoms with Gasteiger partial charge >= 0.3 is 5.69 Å². The van der Waals surface area contributed by atoms with Gasteiger partial charge in [-0.25, -0.2) is 4.79 Å². The Morgan fingerprint density at radius 3 is 2.63 bits per heavy atom. The number of H-pyrrole nitrogens is 1. The number of nitrogens with one attached hydrogen (secondary N) is 2. The lowest BCUT2D eigenvalue weighted by Gasteiger charge is -2.10. The van der Waals surface area contributed by atoms with Crippen molar-refractivity contribution in [1.29, 1.82) is 0 Å². The number of aromatic amines is 1. The van der Waals surface area contributed by atoms with Crippen molar-refractivity contribution in [3.8, 4) is 0 Å². The summed E-state index contributed by atoms with van der Waals surface area (Å²) in [7, 11) is 3.07. The molecule has 1 aliphatic rings. The second-order valence-electron chi connectivity index (χ2n) is 5.26. The monoisotopic (exact) mass is 263 g/mol. The second-order valence-corrected chi connectivity index (χ2v) is 5.26. The molecular formula is C12H17N5O2. The molecule has 7 heteroatoms. The van der Waals surface area contributed by atoms with Crippen molar-refractivity contribution >= 4 is 17.1 Å². The number of aryl methyl sites for hydroxylation is 1. The first-order valence-electron chi connectivity index (χ1n) is 6.41. The highest BCUT2D eigenvalue weighted by Crippen LogP contribution is 2.33. The molecule has 19 heavy (non-hydrogen) atoms. The van der Waals surface area contributed by atoms with Crippen LogP contribution in [-0.4, -0.2) is 25.1 Å². The summed E-state index contributed by atoms with van der Waals surface area (Å²) in [5.74, 6) is 1.23. The highest BCUT2D eigenvalue weighted by atomic mass is 16.2. The Hall–Kier alpha value is -2.05. The van der Waals surface area contributed by atoms with Gasteiger partial charge in [-0.15, -0.1) is 0 Å². The van der Waals surface area contributed by atoms with Crippen LogP contribution in [0.4, 0.5) is 5.95 Å². The fraction of sp³-hybridized carbons (Fsp3) is 0.583. The molecular weight excluding hydrogens is 246 g/mol. The largest absolute Gasteiger partial charge is 0.353 e. The van der Waals surface area contributed by atoms with E-state index in [1.165, 1.54) is 24.5 Å². The van der Waals surface area contributed by atoms with Crippen LogP contribution in [0.2, 0.25) is 0 Å². The molecule has 2 heterocycles. The SMILES string of the molecule is CC(Nc1nc2c([nH]1)c(=O)n(C)c(=O)n2C)C1CC1. The first-order chi connectivity index (χ1) is 8.99. The standard InChI is InChI=1S/C12H17N5O2/c1-6(7-4-5-7)13-11-14-8-9(15-11)16(2)12(19)17(3)10(8)18/h6-7H,4-5H2,1-3H3,(H2,13,14,15). The third kappa shape index (κ3) is 1.85. The number of anilines is 1. The van der Waals surface area contributed by atoms with Crippen molar-refractivity contribution in [1.82, 2.24) is 19.1 Å². The average molecular weight is 263 g/mol. The Morgan fingerprint density at radius 2 is 2.00 bits per heavy atom. The maximum absolute atomic E-state index is 12.0. The van der Waals surface area contributed by atoms with Crippen LogP contribution >= 0.6 is 0 Å². The van der Waals surface area contributed by atoms with Gasteiger partial charge in [-0.2, -0.15) is 4.98 Å². The molecule has 102 valence electrons. The van der Waals surface area contributed by atoms with Gasteiger partial charge in [0.1, 0.15) is 0 Å². The third-order valence-corrected chi connectivity index (χ3v) is 3.79. The van der Waals surface area contributed by atoms with E-state index in [1.807, 2.05) is 0 Å². The Bertz CT molecular complexity index is 750. The molecule has 2 aromatic rings. The Balaban J connectivity index is 2.10. The number of hydrogen-bond acceptors (Lipinski definition) is 4. The molecule has 1 saturated carbocycles. The molecule has 0 aliphatic heterocycles. The average Bonchev–Trinajstić information content (AvgIpc) is 3.15. The number of fused-ring (bicyclic) bond motifs is 1. The van der Waals surface area contributed by atoms with Crippen LogP contribution in [0.3, 0.4) is 0 Å². The zero-order chi connectivity index (χ0) is 13.7. The number of imidazole rings is 1. The number of hydrogen-bond donors (Lipinski definition) is 2. The molecule has 0 aromatic carbocycles. The van der Waals surface area contributed by atoms with Crippen molar-refractivity contribution in [3.05, 3.63) is 20.8 Å². The molecule has 2 N–H and O–H groups in total. The lowest BCUT2D eigenvalue weighted by molar-refractivity contribution is 0.688. The Labute approximate surface area is 109 Å². The molecule has 0 radical (unpaired) electrons. The third-order valence-electron chi connectivity index (χ3n) is 3.79. The van der Waals surface area contributed by atoms with Gasteiger partial charge in [-0.3, -0.25) is 13.9 Å². The minimum absolute atomic E-state index is 0.321. The van der Waals surface area contributed by atoms with E-state index >= 15 is 0 Å². The zero-order valence-corrected chi connectivity index (χ0v) is 11.2. The van der Waals surface area contributed by atoms with Crippen LogP contribution in [0.5, 0.6) is 0 Å². The van der Waals surface area contributed by atoms with Gasteiger partial charge in [0.2, 0.25) is 5.95 Å². The van der Waals surface area contributed by atoms with Gasteiger partial charge in [0, 0.05) is 20.1 Å². The molecule has 0 spiro atoms. The first-order valence-corrected chi connectivity index (χ1v) is 6.41. The fourth-order valence-electron chi connectivity index (χ4n) is 2.32. The molecule has 1 aliphatic carbocycles. The van der Waals surface area contributed by atoms with E-state index in [-0.39, 0.29) is 11.2 Å². The molecule has 0 saturated heterocycles. The van der Waals surface area contributed by atoms with Crippen molar-refractivity contribution in [3.63, 3.8) is 0 Å². The van der Waals surface area contributed by atoms with Gasteiger partial charge < -0.3 is 10.3 Å². The molecule has 3 rings (SSSR count). The smallest absolute Gasteiger partial charge is 0.332 e. The van der Waals surface area contributed by atoms with Crippen LogP contribution in [0.15, 0.2) is 9.59 Å². The quantitative estimate of drug-likeness (QED) is 0.826. The summed E-state index contributed by atoms with van der Waals surface area (Å²) in [5, 5.41) is 3.26. The first kappa shape index (κ1) is 12.0. The van der Waals surface area contributed by atoms with Crippen LogP contribution in [-0.2, 0) is 14.1 Å². The molecule has 1 atom stereocenters.